The number of Topliss-reactive ketones (excluding diaryl/α,β-unsaturated/α-hetero) is 1. The highest BCUT2D eigenvalue weighted by Crippen LogP contribution is 2.23. The number of aromatic nitrogens is 3. The average Bonchev–Trinajstić information content (AvgIpc) is 3.29. The number of hydrogen-bond donors (Lipinski definition) is 1. The van der Waals surface area contributed by atoms with Gasteiger partial charge in [0, 0.05) is 33.9 Å². The van der Waals surface area contributed by atoms with Crippen LogP contribution in [0.1, 0.15) is 38.4 Å². The number of aryl methyl sites for hydroxylation is 2. The number of allylic oxidation sites excluding steroid dienone is 1. The largest absolute Gasteiger partial charge is 0.360 e. The van der Waals surface area contributed by atoms with Crippen LogP contribution in [0.4, 0.5) is 0 Å². The molecule has 0 atom stereocenters. The molecule has 148 valence electrons. The van der Waals surface area contributed by atoms with E-state index in [0.29, 0.717) is 12.1 Å². The lowest BCUT2D eigenvalue weighted by molar-refractivity contribution is 0.104. The van der Waals surface area contributed by atoms with Gasteiger partial charge in [-0.2, -0.15) is 10.4 Å². The van der Waals surface area contributed by atoms with Crippen molar-refractivity contribution in [2.24, 2.45) is 0 Å². The third-order valence-electron chi connectivity index (χ3n) is 5.38. The highest BCUT2D eigenvalue weighted by Gasteiger charge is 2.18. The Morgan fingerprint density at radius 2 is 1.87 bits per heavy atom. The molecular formula is C25H22N4O. The van der Waals surface area contributed by atoms with E-state index in [1.807, 2.05) is 42.8 Å². The predicted octanol–water partition coefficient (Wildman–Crippen LogP) is 5.13. The van der Waals surface area contributed by atoms with Crippen molar-refractivity contribution < 1.29 is 4.79 Å². The van der Waals surface area contributed by atoms with Gasteiger partial charge in [0.25, 0.3) is 0 Å². The van der Waals surface area contributed by atoms with Gasteiger partial charge >= 0.3 is 0 Å². The number of rotatable bonds is 5. The van der Waals surface area contributed by atoms with Crippen LogP contribution in [0.15, 0.2) is 60.3 Å². The van der Waals surface area contributed by atoms with Crippen LogP contribution in [0.5, 0.6) is 0 Å². The molecule has 0 spiro atoms. The lowest BCUT2D eigenvalue weighted by Crippen LogP contribution is -2.04. The molecule has 2 aromatic heterocycles. The first kappa shape index (κ1) is 19.4. The van der Waals surface area contributed by atoms with Crippen molar-refractivity contribution in [2.75, 3.05) is 0 Å². The summed E-state index contributed by atoms with van der Waals surface area (Å²) in [6.07, 6.45) is 3.33. The molecule has 0 saturated heterocycles. The molecule has 2 heterocycles. The van der Waals surface area contributed by atoms with E-state index in [2.05, 4.69) is 47.3 Å². The van der Waals surface area contributed by atoms with E-state index in [-0.39, 0.29) is 11.4 Å². The quantitative estimate of drug-likeness (QED) is 0.290. The second-order valence-corrected chi connectivity index (χ2v) is 7.47. The second kappa shape index (κ2) is 7.84. The molecule has 0 aliphatic rings. The number of nitriles is 1. The van der Waals surface area contributed by atoms with Crippen molar-refractivity contribution in [3.8, 4) is 6.07 Å². The minimum atomic E-state index is -0.292. The van der Waals surface area contributed by atoms with Gasteiger partial charge in [-0.05, 0) is 38.5 Å². The summed E-state index contributed by atoms with van der Waals surface area (Å²) in [6.45, 7) is 6.56. The van der Waals surface area contributed by atoms with Crippen molar-refractivity contribution >= 4 is 22.8 Å². The highest BCUT2D eigenvalue weighted by molar-refractivity contribution is 6.19. The van der Waals surface area contributed by atoms with Crippen LogP contribution in [0.25, 0.3) is 17.0 Å². The van der Waals surface area contributed by atoms with E-state index in [1.165, 1.54) is 5.56 Å². The molecule has 0 bridgehead atoms. The Bertz CT molecular complexity index is 1310. The molecule has 2 aromatic carbocycles. The van der Waals surface area contributed by atoms with Crippen LogP contribution < -0.4 is 0 Å². The number of hydrogen-bond acceptors (Lipinski definition) is 3. The smallest absolute Gasteiger partial charge is 0.205 e. The van der Waals surface area contributed by atoms with E-state index in [4.69, 9.17) is 0 Å². The zero-order chi connectivity index (χ0) is 21.3. The monoisotopic (exact) mass is 394 g/mol. The Balaban J connectivity index is 1.69. The van der Waals surface area contributed by atoms with Crippen molar-refractivity contribution in [1.29, 1.82) is 5.26 Å². The van der Waals surface area contributed by atoms with Gasteiger partial charge in [-0.25, -0.2) is 0 Å². The Hall–Kier alpha value is -3.91. The zero-order valence-corrected chi connectivity index (χ0v) is 17.2. The Morgan fingerprint density at radius 1 is 1.13 bits per heavy atom. The Labute approximate surface area is 175 Å². The molecule has 4 rings (SSSR count). The molecule has 0 fully saturated rings. The van der Waals surface area contributed by atoms with Gasteiger partial charge in [0.1, 0.15) is 11.6 Å². The number of benzene rings is 2. The van der Waals surface area contributed by atoms with Gasteiger partial charge < -0.3 is 4.98 Å². The van der Waals surface area contributed by atoms with Gasteiger partial charge in [0.05, 0.1) is 12.2 Å². The number of carbonyl (C=O) groups is 1. The topological polar surface area (TPSA) is 74.5 Å². The van der Waals surface area contributed by atoms with Crippen LogP contribution in [-0.4, -0.2) is 20.5 Å². The fraction of sp³-hybridized carbons (Fsp3) is 0.160. The normalized spacial score (nSPS) is 11.6. The maximum Gasteiger partial charge on any atom is 0.205 e. The van der Waals surface area contributed by atoms with E-state index in [1.54, 1.807) is 12.3 Å². The number of fused-ring (bicyclic) bond motifs is 1. The number of nitrogens with one attached hydrogen (secondary N) is 1. The molecule has 0 aliphatic heterocycles. The number of para-hydroxylation sites is 1. The van der Waals surface area contributed by atoms with Crippen molar-refractivity contribution in [1.82, 2.24) is 14.8 Å². The summed E-state index contributed by atoms with van der Waals surface area (Å²) in [7, 11) is 0. The molecule has 0 aliphatic carbocycles. The summed E-state index contributed by atoms with van der Waals surface area (Å²) in [5.74, 6) is -0.292. The summed E-state index contributed by atoms with van der Waals surface area (Å²) in [6, 6.07) is 18.0. The molecule has 4 aromatic rings. The lowest BCUT2D eigenvalue weighted by Gasteiger charge is -2.05. The number of carbonyl (C=O) groups excluding carboxylic acids is 1. The van der Waals surface area contributed by atoms with E-state index in [9.17, 15) is 10.1 Å². The third-order valence-corrected chi connectivity index (χ3v) is 5.38. The van der Waals surface area contributed by atoms with Crippen LogP contribution in [0, 0.1) is 32.1 Å². The summed E-state index contributed by atoms with van der Waals surface area (Å²) in [5.41, 5.74) is 6.36. The van der Waals surface area contributed by atoms with Gasteiger partial charge in [-0.1, -0.05) is 48.0 Å². The summed E-state index contributed by atoms with van der Waals surface area (Å²) < 4.78 is 1.91. The van der Waals surface area contributed by atoms with Crippen LogP contribution in [-0.2, 0) is 6.54 Å². The van der Waals surface area contributed by atoms with Gasteiger partial charge in [-0.3, -0.25) is 9.48 Å². The molecule has 5 heteroatoms. The molecule has 1 N–H and O–H groups in total. The van der Waals surface area contributed by atoms with Gasteiger partial charge in [-0.15, -0.1) is 0 Å². The summed E-state index contributed by atoms with van der Waals surface area (Å²) >= 11 is 0. The molecule has 0 radical (unpaired) electrons. The van der Waals surface area contributed by atoms with E-state index < -0.39 is 0 Å². The SMILES string of the molecule is Cc1ccc(Cn2nc(C)c(/C=C(\C#N)C(=O)c3c[nH]c4ccccc34)c2C)cc1. The first-order chi connectivity index (χ1) is 14.5. The average molecular weight is 394 g/mol. The maximum atomic E-state index is 13.1. The molecule has 0 unspecified atom stereocenters. The number of nitrogens with zero attached hydrogens (tertiary/aromatic N) is 3. The van der Waals surface area contributed by atoms with E-state index >= 15 is 0 Å². The molecule has 5 nitrogen and oxygen atoms in total. The number of ketones is 1. The van der Waals surface area contributed by atoms with E-state index in [0.717, 1.165) is 33.4 Å². The second-order valence-electron chi connectivity index (χ2n) is 7.47. The van der Waals surface area contributed by atoms with Crippen molar-refractivity contribution in [3.05, 3.63) is 93.9 Å². The van der Waals surface area contributed by atoms with Crippen molar-refractivity contribution in [3.63, 3.8) is 0 Å². The van der Waals surface area contributed by atoms with Crippen molar-refractivity contribution in [2.45, 2.75) is 27.3 Å². The standard InChI is InChI=1S/C25H22N4O/c1-16-8-10-19(11-9-16)15-29-18(3)22(17(2)28-29)12-20(13-26)25(30)23-14-27-24-7-5-4-6-21(23)24/h4-12,14,27H,15H2,1-3H3/b20-12+. The third kappa shape index (κ3) is 3.56. The predicted molar refractivity (Wildman–Crippen MR) is 118 cm³/mol. The molecule has 0 saturated carbocycles. The fourth-order valence-electron chi connectivity index (χ4n) is 3.64. The van der Waals surface area contributed by atoms with Gasteiger partial charge in [0.2, 0.25) is 5.78 Å². The van der Waals surface area contributed by atoms with Crippen LogP contribution in [0.3, 0.4) is 0 Å². The first-order valence-electron chi connectivity index (χ1n) is 9.80. The fourth-order valence-corrected chi connectivity index (χ4v) is 3.64. The Morgan fingerprint density at radius 3 is 2.60 bits per heavy atom. The lowest BCUT2D eigenvalue weighted by atomic mass is 10.0. The van der Waals surface area contributed by atoms with Crippen LogP contribution in [0.2, 0.25) is 0 Å². The minimum absolute atomic E-state index is 0.0980. The molecular weight excluding hydrogens is 372 g/mol. The summed E-state index contributed by atoms with van der Waals surface area (Å²) in [5, 5.41) is 15.1. The first-order valence-corrected chi connectivity index (χ1v) is 9.80. The number of aromatic amines is 1. The summed E-state index contributed by atoms with van der Waals surface area (Å²) in [4.78, 5) is 16.2. The molecule has 0 amide bonds. The Kier molecular flexibility index (Phi) is 5.07. The number of H-pyrrole nitrogens is 1. The van der Waals surface area contributed by atoms with Crippen LogP contribution >= 0.6 is 0 Å². The highest BCUT2D eigenvalue weighted by atomic mass is 16.1. The minimum Gasteiger partial charge on any atom is -0.360 e. The molecule has 30 heavy (non-hydrogen) atoms. The van der Waals surface area contributed by atoms with Gasteiger partial charge in [0.15, 0.2) is 0 Å². The zero-order valence-electron chi connectivity index (χ0n) is 17.2. The maximum absolute atomic E-state index is 13.1.